The van der Waals surface area contributed by atoms with E-state index in [-0.39, 0.29) is 6.04 Å². The van der Waals surface area contributed by atoms with E-state index in [1.54, 1.807) is 24.1 Å². The Bertz CT molecular complexity index is 612. The average Bonchev–Trinajstić information content (AvgIpc) is 2.93. The summed E-state index contributed by atoms with van der Waals surface area (Å²) in [6.45, 7) is 2.05. The summed E-state index contributed by atoms with van der Waals surface area (Å²) in [4.78, 5) is 4.03. The maximum atomic E-state index is 9.10. The molecule has 0 radical (unpaired) electrons. The lowest BCUT2D eigenvalue weighted by atomic mass is 10.0. The molecule has 1 atom stereocenters. The smallest absolute Gasteiger partial charge is 0.217 e. The van der Waals surface area contributed by atoms with Gasteiger partial charge in [0.15, 0.2) is 0 Å². The highest BCUT2D eigenvalue weighted by Gasteiger charge is 2.17. The van der Waals surface area contributed by atoms with Gasteiger partial charge in [-0.2, -0.15) is 5.26 Å². The topological polar surface area (TPSA) is 62.9 Å². The number of nitrogens with zero attached hydrogens (tertiary/aromatic N) is 3. The van der Waals surface area contributed by atoms with Gasteiger partial charge in [-0.1, -0.05) is 6.07 Å². The predicted molar refractivity (Wildman–Crippen MR) is 72.3 cm³/mol. The molecule has 2 rings (SSSR count). The van der Waals surface area contributed by atoms with E-state index in [2.05, 4.69) is 16.4 Å². The molecule has 0 aliphatic carbocycles. The number of nitriles is 1. The quantitative estimate of drug-likeness (QED) is 0.909. The Balaban J connectivity index is 2.67. The Morgan fingerprint density at radius 2 is 2.26 bits per heavy atom. The molecule has 1 N–H and O–H groups in total. The second-order valence-corrected chi connectivity index (χ2v) is 4.14. The van der Waals surface area contributed by atoms with Gasteiger partial charge in [0, 0.05) is 24.0 Å². The third kappa shape index (κ3) is 2.30. The third-order valence-corrected chi connectivity index (χ3v) is 3.13. The van der Waals surface area contributed by atoms with Gasteiger partial charge in [0.05, 0.1) is 12.8 Å². The van der Waals surface area contributed by atoms with Crippen LogP contribution in [0.5, 0.6) is 5.75 Å². The predicted octanol–water partition coefficient (Wildman–Crippen LogP) is 2.03. The molecule has 1 unspecified atom stereocenters. The van der Waals surface area contributed by atoms with Gasteiger partial charge in [-0.05, 0) is 26.1 Å². The van der Waals surface area contributed by atoms with Gasteiger partial charge in [-0.15, -0.1) is 0 Å². The van der Waals surface area contributed by atoms with Crippen LogP contribution in [0.1, 0.15) is 24.4 Å². The zero-order valence-electron chi connectivity index (χ0n) is 11.2. The minimum absolute atomic E-state index is 0.0973. The number of hydrogen-bond donors (Lipinski definition) is 1. The normalized spacial score (nSPS) is 11.9. The number of imidazole rings is 1. The molecule has 0 saturated heterocycles. The first-order chi connectivity index (χ1) is 9.22. The highest BCUT2D eigenvalue weighted by molar-refractivity contribution is 5.52. The van der Waals surface area contributed by atoms with Gasteiger partial charge >= 0.3 is 0 Å². The standard InChI is InChI=1S/C14H16N4O/c1-10(16-2)14-11(5-4-6-12(14)19-3)18-8-7-17-13(18)9-15/h4-8,10,16H,1-3H3. The minimum atomic E-state index is 0.0973. The Hall–Kier alpha value is -2.32. The summed E-state index contributed by atoms with van der Waals surface area (Å²) >= 11 is 0. The molecule has 5 nitrogen and oxygen atoms in total. The van der Waals surface area contributed by atoms with Crippen molar-refractivity contribution < 1.29 is 4.74 Å². The van der Waals surface area contributed by atoms with Crippen LogP contribution in [0.3, 0.4) is 0 Å². The van der Waals surface area contributed by atoms with Crippen LogP contribution < -0.4 is 10.1 Å². The van der Waals surface area contributed by atoms with Crippen LogP contribution in [-0.2, 0) is 0 Å². The molecule has 2 aromatic rings. The zero-order valence-corrected chi connectivity index (χ0v) is 11.2. The van der Waals surface area contributed by atoms with Crippen LogP contribution in [-0.4, -0.2) is 23.7 Å². The van der Waals surface area contributed by atoms with Gasteiger partial charge in [0.2, 0.25) is 5.82 Å². The summed E-state index contributed by atoms with van der Waals surface area (Å²) in [6.07, 6.45) is 3.39. The molecular formula is C14H16N4O. The molecular weight excluding hydrogens is 240 g/mol. The van der Waals surface area contributed by atoms with E-state index in [0.717, 1.165) is 17.0 Å². The maximum Gasteiger partial charge on any atom is 0.217 e. The highest BCUT2D eigenvalue weighted by atomic mass is 16.5. The van der Waals surface area contributed by atoms with Crippen LogP contribution in [0.2, 0.25) is 0 Å². The van der Waals surface area contributed by atoms with Crippen molar-refractivity contribution in [2.75, 3.05) is 14.2 Å². The van der Waals surface area contributed by atoms with Crippen molar-refractivity contribution in [3.63, 3.8) is 0 Å². The van der Waals surface area contributed by atoms with E-state index in [4.69, 9.17) is 10.00 Å². The van der Waals surface area contributed by atoms with E-state index in [1.165, 1.54) is 0 Å². The van der Waals surface area contributed by atoms with Crippen molar-refractivity contribution >= 4 is 0 Å². The van der Waals surface area contributed by atoms with Crippen LogP contribution in [0.4, 0.5) is 0 Å². The van der Waals surface area contributed by atoms with E-state index in [9.17, 15) is 0 Å². The van der Waals surface area contributed by atoms with Crippen molar-refractivity contribution in [1.82, 2.24) is 14.9 Å². The fourth-order valence-corrected chi connectivity index (χ4v) is 2.08. The molecule has 0 aliphatic heterocycles. The summed E-state index contributed by atoms with van der Waals surface area (Å²) in [5.41, 5.74) is 1.90. The minimum Gasteiger partial charge on any atom is -0.496 e. The van der Waals surface area contributed by atoms with E-state index < -0.39 is 0 Å². The largest absolute Gasteiger partial charge is 0.496 e. The van der Waals surface area contributed by atoms with Crippen molar-refractivity contribution in [2.24, 2.45) is 0 Å². The molecule has 0 spiro atoms. The van der Waals surface area contributed by atoms with E-state index >= 15 is 0 Å². The molecule has 0 bridgehead atoms. The van der Waals surface area contributed by atoms with Crippen molar-refractivity contribution in [2.45, 2.75) is 13.0 Å². The number of methoxy groups -OCH3 is 1. The lowest BCUT2D eigenvalue weighted by Crippen LogP contribution is -2.16. The first-order valence-corrected chi connectivity index (χ1v) is 6.01. The lowest BCUT2D eigenvalue weighted by molar-refractivity contribution is 0.403. The summed E-state index contributed by atoms with van der Waals surface area (Å²) < 4.78 is 7.19. The Kier molecular flexibility index (Phi) is 3.83. The first-order valence-electron chi connectivity index (χ1n) is 6.01. The average molecular weight is 256 g/mol. The monoisotopic (exact) mass is 256 g/mol. The van der Waals surface area contributed by atoms with Crippen molar-refractivity contribution in [3.8, 4) is 17.5 Å². The third-order valence-electron chi connectivity index (χ3n) is 3.13. The van der Waals surface area contributed by atoms with Crippen LogP contribution in [0.15, 0.2) is 30.6 Å². The Morgan fingerprint density at radius 1 is 1.47 bits per heavy atom. The number of benzene rings is 1. The van der Waals surface area contributed by atoms with Gasteiger partial charge < -0.3 is 10.1 Å². The SMILES string of the molecule is CNC(C)c1c(OC)cccc1-n1ccnc1C#N. The van der Waals surface area contributed by atoms with Gasteiger partial charge in [0.1, 0.15) is 11.8 Å². The van der Waals surface area contributed by atoms with Gasteiger partial charge in [-0.3, -0.25) is 4.57 Å². The van der Waals surface area contributed by atoms with Crippen LogP contribution >= 0.6 is 0 Å². The number of aromatic nitrogens is 2. The van der Waals surface area contributed by atoms with Crippen molar-refractivity contribution in [3.05, 3.63) is 42.0 Å². The number of ether oxygens (including phenoxy) is 1. The molecule has 19 heavy (non-hydrogen) atoms. The Labute approximate surface area is 112 Å². The summed E-state index contributed by atoms with van der Waals surface area (Å²) in [7, 11) is 3.53. The fourth-order valence-electron chi connectivity index (χ4n) is 2.08. The molecule has 0 fully saturated rings. The van der Waals surface area contributed by atoms with Crippen molar-refractivity contribution in [1.29, 1.82) is 5.26 Å². The molecule has 0 aliphatic rings. The van der Waals surface area contributed by atoms with E-state index in [1.807, 2.05) is 32.2 Å². The fraction of sp³-hybridized carbons (Fsp3) is 0.286. The van der Waals surface area contributed by atoms with Gasteiger partial charge in [-0.25, -0.2) is 4.98 Å². The summed E-state index contributed by atoms with van der Waals surface area (Å²) in [5.74, 6) is 1.15. The summed E-state index contributed by atoms with van der Waals surface area (Å²) in [6, 6.07) is 7.95. The number of nitrogens with one attached hydrogen (secondary N) is 1. The Morgan fingerprint density at radius 3 is 2.89 bits per heavy atom. The second kappa shape index (κ2) is 5.55. The lowest BCUT2D eigenvalue weighted by Gasteiger charge is -2.19. The number of rotatable bonds is 4. The van der Waals surface area contributed by atoms with Crippen LogP contribution in [0, 0.1) is 11.3 Å². The second-order valence-electron chi connectivity index (χ2n) is 4.14. The molecule has 1 aromatic heterocycles. The molecule has 1 aromatic carbocycles. The molecule has 1 heterocycles. The first kappa shape index (κ1) is 13.1. The maximum absolute atomic E-state index is 9.10. The van der Waals surface area contributed by atoms with E-state index in [0.29, 0.717) is 5.82 Å². The number of hydrogen-bond acceptors (Lipinski definition) is 4. The molecule has 5 heteroatoms. The molecule has 98 valence electrons. The molecule has 0 amide bonds. The van der Waals surface area contributed by atoms with Gasteiger partial charge in [0.25, 0.3) is 0 Å². The summed E-state index contributed by atoms with van der Waals surface area (Å²) in [5, 5.41) is 12.3. The molecule has 0 saturated carbocycles. The zero-order chi connectivity index (χ0) is 13.8. The van der Waals surface area contributed by atoms with Crippen LogP contribution in [0.25, 0.3) is 5.69 Å². The highest BCUT2D eigenvalue weighted by Crippen LogP contribution is 2.31.